The molecule has 0 atom stereocenters. The molecule has 7 rings (SSSR count). The molecule has 3 N–H and O–H groups in total. The Morgan fingerprint density at radius 2 is 1.84 bits per heavy atom. The van der Waals surface area contributed by atoms with Crippen LogP contribution in [-0.4, -0.2) is 68.3 Å². The molecule has 1 aliphatic carbocycles. The lowest BCUT2D eigenvalue weighted by Crippen LogP contribution is -2.44. The Labute approximate surface area is 214 Å². The summed E-state index contributed by atoms with van der Waals surface area (Å²) in [6.07, 6.45) is 9.94. The van der Waals surface area contributed by atoms with Gasteiger partial charge in [0.2, 0.25) is 0 Å². The van der Waals surface area contributed by atoms with E-state index in [2.05, 4.69) is 66.0 Å². The van der Waals surface area contributed by atoms with E-state index >= 15 is 0 Å². The number of rotatable bonds is 6. The van der Waals surface area contributed by atoms with Gasteiger partial charge in [-0.05, 0) is 50.1 Å². The molecule has 0 amide bonds. The molecular weight excluding hydrogens is 462 g/mol. The van der Waals surface area contributed by atoms with Crippen molar-refractivity contribution in [2.24, 2.45) is 5.92 Å². The van der Waals surface area contributed by atoms with Crippen LogP contribution in [0, 0.1) is 5.92 Å². The summed E-state index contributed by atoms with van der Waals surface area (Å²) in [5, 5.41) is 12.3. The molecule has 0 spiro atoms. The molecule has 1 aliphatic heterocycles. The molecule has 0 unspecified atom stereocenters. The Morgan fingerprint density at radius 1 is 1.00 bits per heavy atom. The number of piperazine rings is 1. The highest BCUT2D eigenvalue weighted by Gasteiger charge is 2.25. The zero-order valence-electron chi connectivity index (χ0n) is 20.8. The predicted octanol–water partition coefficient (Wildman–Crippen LogP) is 4.65. The van der Waals surface area contributed by atoms with Gasteiger partial charge in [0.05, 0.1) is 52.4 Å². The first-order chi connectivity index (χ1) is 18.1. The van der Waals surface area contributed by atoms with Crippen LogP contribution in [0.25, 0.3) is 44.6 Å². The van der Waals surface area contributed by atoms with E-state index in [4.69, 9.17) is 4.98 Å². The molecule has 6 heterocycles. The van der Waals surface area contributed by atoms with Crippen LogP contribution in [0.1, 0.15) is 12.8 Å². The van der Waals surface area contributed by atoms with Gasteiger partial charge in [-0.2, -0.15) is 5.10 Å². The molecule has 2 fully saturated rings. The average Bonchev–Trinajstić information content (AvgIpc) is 3.55. The minimum absolute atomic E-state index is 0.579. The number of anilines is 2. The second-order valence-corrected chi connectivity index (χ2v) is 10.1. The zero-order chi connectivity index (χ0) is 24.9. The molecule has 0 radical (unpaired) electrons. The van der Waals surface area contributed by atoms with Crippen LogP contribution in [-0.2, 0) is 0 Å². The van der Waals surface area contributed by atoms with Gasteiger partial charge >= 0.3 is 0 Å². The van der Waals surface area contributed by atoms with E-state index in [1.54, 1.807) is 0 Å². The Kier molecular flexibility index (Phi) is 5.17. The highest BCUT2D eigenvalue weighted by molar-refractivity contribution is 5.98. The smallest absolute Gasteiger partial charge is 0.135 e. The molecule has 0 bridgehead atoms. The lowest BCUT2D eigenvalue weighted by molar-refractivity contribution is 0.313. The molecule has 186 valence electrons. The quantitative estimate of drug-likeness (QED) is 0.318. The van der Waals surface area contributed by atoms with Gasteiger partial charge in [0.25, 0.3) is 0 Å². The summed E-state index contributed by atoms with van der Waals surface area (Å²) in [5.74, 6) is 0.579. The third-order valence-corrected chi connectivity index (χ3v) is 7.44. The van der Waals surface area contributed by atoms with Gasteiger partial charge in [0.15, 0.2) is 0 Å². The molecule has 37 heavy (non-hydrogen) atoms. The van der Waals surface area contributed by atoms with E-state index in [1.807, 2.05) is 36.9 Å². The van der Waals surface area contributed by atoms with E-state index in [-0.39, 0.29) is 0 Å². The molecule has 2 aliphatic rings. The number of hydrogen-bond acceptors (Lipinski definition) is 7. The van der Waals surface area contributed by atoms with Crippen LogP contribution < -0.4 is 10.2 Å². The third-order valence-electron chi connectivity index (χ3n) is 7.44. The Balaban J connectivity index is 1.24. The van der Waals surface area contributed by atoms with E-state index in [1.165, 1.54) is 12.8 Å². The van der Waals surface area contributed by atoms with Crippen molar-refractivity contribution in [1.82, 2.24) is 35.0 Å². The molecular formula is C28H29N9. The highest BCUT2D eigenvalue weighted by Crippen LogP contribution is 2.36. The predicted molar refractivity (Wildman–Crippen MR) is 147 cm³/mol. The second kappa shape index (κ2) is 8.70. The lowest BCUT2D eigenvalue weighted by atomic mass is 10.1. The van der Waals surface area contributed by atoms with Crippen molar-refractivity contribution in [2.45, 2.75) is 12.8 Å². The number of allylic oxidation sites excluding steroid dienone is 1. The summed E-state index contributed by atoms with van der Waals surface area (Å²) < 4.78 is 0. The number of aromatic amines is 2. The molecule has 1 saturated carbocycles. The maximum Gasteiger partial charge on any atom is 0.135 e. The first kappa shape index (κ1) is 22.0. The van der Waals surface area contributed by atoms with E-state index < -0.39 is 0 Å². The van der Waals surface area contributed by atoms with Gasteiger partial charge in [-0.15, -0.1) is 0 Å². The number of fused-ring (bicyclic) bond motifs is 2. The van der Waals surface area contributed by atoms with Crippen LogP contribution in [0.5, 0.6) is 0 Å². The molecule has 0 aromatic carbocycles. The summed E-state index contributed by atoms with van der Waals surface area (Å²) >= 11 is 0. The van der Waals surface area contributed by atoms with Crippen molar-refractivity contribution in [3.05, 3.63) is 61.3 Å². The van der Waals surface area contributed by atoms with Crippen molar-refractivity contribution in [2.75, 3.05) is 43.4 Å². The van der Waals surface area contributed by atoms with Crippen molar-refractivity contribution in [3.63, 3.8) is 0 Å². The van der Waals surface area contributed by atoms with Crippen LogP contribution in [0.4, 0.5) is 11.4 Å². The van der Waals surface area contributed by atoms with Crippen LogP contribution in [0.15, 0.2) is 61.3 Å². The van der Waals surface area contributed by atoms with E-state index in [0.29, 0.717) is 5.92 Å². The van der Waals surface area contributed by atoms with Crippen molar-refractivity contribution >= 4 is 33.3 Å². The molecule has 1 saturated heterocycles. The monoisotopic (exact) mass is 491 g/mol. The Bertz CT molecular complexity index is 1620. The fourth-order valence-electron chi connectivity index (χ4n) is 5.08. The van der Waals surface area contributed by atoms with E-state index in [9.17, 15) is 0 Å². The fraction of sp³-hybridized carbons (Fsp3) is 0.286. The first-order valence-corrected chi connectivity index (χ1v) is 12.8. The Morgan fingerprint density at radius 3 is 2.68 bits per heavy atom. The van der Waals surface area contributed by atoms with Gasteiger partial charge in [-0.3, -0.25) is 15.1 Å². The summed E-state index contributed by atoms with van der Waals surface area (Å²) in [4.78, 5) is 22.3. The number of H-pyrrole nitrogens is 2. The molecule has 5 aromatic heterocycles. The highest BCUT2D eigenvalue weighted by atomic mass is 15.3. The lowest BCUT2D eigenvalue weighted by Gasteiger charge is -2.34. The van der Waals surface area contributed by atoms with Crippen molar-refractivity contribution in [3.8, 4) is 22.6 Å². The summed E-state index contributed by atoms with van der Waals surface area (Å²) in [6.45, 7) is 8.24. The third kappa shape index (κ3) is 4.11. The standard InChI is InChI=1S/C28H29N9/c1-17(18-3-4-18)31-20-11-19(13-29-14-20)22-5-6-23-27(33-22)28(35-34-23)24-12-21-25(32-24)15-30-16-26(21)37-9-7-36(2)8-10-37/h5-6,11-16,18,31-32H,1,3-4,7-10H2,2H3,(H,34,35). The number of hydrogen-bond donors (Lipinski definition) is 3. The van der Waals surface area contributed by atoms with Crippen LogP contribution in [0.2, 0.25) is 0 Å². The number of pyridine rings is 3. The van der Waals surface area contributed by atoms with Gasteiger partial charge in [-0.25, -0.2) is 4.98 Å². The van der Waals surface area contributed by atoms with Crippen molar-refractivity contribution < 1.29 is 0 Å². The van der Waals surface area contributed by atoms with Gasteiger partial charge in [-0.1, -0.05) is 6.58 Å². The van der Waals surface area contributed by atoms with Crippen molar-refractivity contribution in [1.29, 1.82) is 0 Å². The van der Waals surface area contributed by atoms with Gasteiger partial charge < -0.3 is 20.1 Å². The summed E-state index contributed by atoms with van der Waals surface area (Å²) in [6, 6.07) is 8.27. The topological polar surface area (TPSA) is 102 Å². The minimum atomic E-state index is 0.579. The number of likely N-dealkylation sites (N-methyl/N-ethyl adjacent to an activating group) is 1. The van der Waals surface area contributed by atoms with Crippen LogP contribution in [0.3, 0.4) is 0 Å². The molecule has 9 nitrogen and oxygen atoms in total. The van der Waals surface area contributed by atoms with Crippen LogP contribution >= 0.6 is 0 Å². The summed E-state index contributed by atoms with van der Waals surface area (Å²) in [7, 11) is 2.17. The van der Waals surface area contributed by atoms with Gasteiger partial charge in [0, 0.05) is 49.0 Å². The Hall–Kier alpha value is -4.24. The summed E-state index contributed by atoms with van der Waals surface area (Å²) in [5.41, 5.74) is 9.36. The minimum Gasteiger partial charge on any atom is -0.367 e. The number of nitrogens with one attached hydrogen (secondary N) is 3. The zero-order valence-corrected chi connectivity index (χ0v) is 20.8. The van der Waals surface area contributed by atoms with Gasteiger partial charge in [0.1, 0.15) is 11.2 Å². The maximum absolute atomic E-state index is 5.00. The number of aromatic nitrogens is 6. The van der Waals surface area contributed by atoms with E-state index in [0.717, 1.165) is 87.8 Å². The average molecular weight is 492 g/mol. The largest absolute Gasteiger partial charge is 0.367 e. The number of nitrogens with zero attached hydrogens (tertiary/aromatic N) is 6. The molecule has 9 heteroatoms. The normalized spacial score (nSPS) is 16.5. The second-order valence-electron chi connectivity index (χ2n) is 10.1. The maximum atomic E-state index is 5.00. The SMILES string of the molecule is C=C(Nc1cncc(-c2ccc3[nH]nc(-c4cc5c(N6CCN(C)CC6)cncc5[nH]4)c3n2)c1)C1CC1. The first-order valence-electron chi connectivity index (χ1n) is 12.8. The fourth-order valence-corrected chi connectivity index (χ4v) is 5.08. The molecule has 5 aromatic rings.